The molecule has 0 radical (unpaired) electrons. The highest BCUT2D eigenvalue weighted by atomic mass is 32.2. The van der Waals surface area contributed by atoms with Crippen molar-refractivity contribution in [2.75, 3.05) is 5.75 Å². The average Bonchev–Trinajstić information content (AvgIpc) is 2.76. The quantitative estimate of drug-likeness (QED) is 0.518. The molecule has 3 rings (SSSR count). The van der Waals surface area contributed by atoms with Gasteiger partial charge in [0.1, 0.15) is 16.2 Å². The minimum atomic E-state index is 1.05. The van der Waals surface area contributed by atoms with Crippen LogP contribution in [0, 0.1) is 13.8 Å². The second kappa shape index (κ2) is 5.94. The summed E-state index contributed by atoms with van der Waals surface area (Å²) in [4.78, 5) is 11.3. The van der Waals surface area contributed by atoms with E-state index in [-0.39, 0.29) is 0 Å². The van der Waals surface area contributed by atoms with Crippen molar-refractivity contribution in [2.45, 2.75) is 25.3 Å². The molecule has 102 valence electrons. The van der Waals surface area contributed by atoms with Crippen molar-refractivity contribution in [1.29, 1.82) is 0 Å². The van der Waals surface area contributed by atoms with Crippen LogP contribution in [0.5, 0.6) is 0 Å². The second-order valence-corrected chi connectivity index (χ2v) is 7.01. The van der Waals surface area contributed by atoms with Crippen LogP contribution in [0.3, 0.4) is 0 Å². The SMILES string of the molecule is Cc1sc2ncnc(SCCc3ccccc3)c2c1C. The zero-order valence-corrected chi connectivity index (χ0v) is 13.2. The maximum absolute atomic E-state index is 4.47. The maximum Gasteiger partial charge on any atom is 0.128 e. The highest BCUT2D eigenvalue weighted by Gasteiger charge is 2.11. The zero-order valence-electron chi connectivity index (χ0n) is 11.6. The number of hydrogen-bond donors (Lipinski definition) is 0. The molecule has 2 heterocycles. The third-order valence-electron chi connectivity index (χ3n) is 3.40. The molecule has 2 aromatic heterocycles. The number of fused-ring (bicyclic) bond motifs is 1. The van der Waals surface area contributed by atoms with E-state index in [1.54, 1.807) is 17.7 Å². The van der Waals surface area contributed by atoms with Gasteiger partial charge in [0, 0.05) is 16.0 Å². The molecule has 3 aromatic rings. The maximum atomic E-state index is 4.47. The van der Waals surface area contributed by atoms with Crippen molar-refractivity contribution < 1.29 is 0 Å². The van der Waals surface area contributed by atoms with E-state index in [1.807, 2.05) is 11.8 Å². The predicted octanol–water partition coefficient (Wildman–Crippen LogP) is 4.64. The van der Waals surface area contributed by atoms with Crippen LogP contribution in [-0.2, 0) is 6.42 Å². The van der Waals surface area contributed by atoms with Gasteiger partial charge >= 0.3 is 0 Å². The molecule has 0 amide bonds. The molecule has 0 spiro atoms. The van der Waals surface area contributed by atoms with Gasteiger partial charge in [-0.2, -0.15) is 0 Å². The Labute approximate surface area is 127 Å². The summed E-state index contributed by atoms with van der Waals surface area (Å²) in [5.41, 5.74) is 2.70. The summed E-state index contributed by atoms with van der Waals surface area (Å²) in [5.74, 6) is 1.05. The number of hydrogen-bond acceptors (Lipinski definition) is 4. The third-order valence-corrected chi connectivity index (χ3v) is 5.51. The van der Waals surface area contributed by atoms with Gasteiger partial charge in [-0.1, -0.05) is 30.3 Å². The van der Waals surface area contributed by atoms with Gasteiger partial charge in [-0.25, -0.2) is 9.97 Å². The topological polar surface area (TPSA) is 25.8 Å². The smallest absolute Gasteiger partial charge is 0.128 e. The van der Waals surface area contributed by atoms with Crippen LogP contribution in [0.2, 0.25) is 0 Å². The van der Waals surface area contributed by atoms with Crippen LogP contribution < -0.4 is 0 Å². The number of thioether (sulfide) groups is 1. The number of aromatic nitrogens is 2. The lowest BCUT2D eigenvalue weighted by Crippen LogP contribution is -1.91. The van der Waals surface area contributed by atoms with E-state index in [1.165, 1.54) is 21.4 Å². The van der Waals surface area contributed by atoms with Crippen LogP contribution >= 0.6 is 23.1 Å². The summed E-state index contributed by atoms with van der Waals surface area (Å²) >= 11 is 3.59. The van der Waals surface area contributed by atoms with Crippen molar-refractivity contribution in [3.05, 3.63) is 52.7 Å². The number of benzene rings is 1. The average molecular weight is 300 g/mol. The number of nitrogens with zero attached hydrogens (tertiary/aromatic N) is 2. The van der Waals surface area contributed by atoms with Gasteiger partial charge in [0.05, 0.1) is 0 Å². The summed E-state index contributed by atoms with van der Waals surface area (Å²) in [6.07, 6.45) is 2.75. The molecule has 0 aliphatic rings. The van der Waals surface area contributed by atoms with Crippen LogP contribution in [-0.4, -0.2) is 15.7 Å². The first kappa shape index (κ1) is 13.6. The Hall–Kier alpha value is -1.39. The normalized spacial score (nSPS) is 11.1. The Morgan fingerprint density at radius 2 is 1.90 bits per heavy atom. The molecule has 1 aromatic carbocycles. The van der Waals surface area contributed by atoms with E-state index >= 15 is 0 Å². The molecular weight excluding hydrogens is 284 g/mol. The fourth-order valence-corrected chi connectivity index (χ4v) is 4.28. The minimum Gasteiger partial charge on any atom is -0.229 e. The van der Waals surface area contributed by atoms with E-state index < -0.39 is 0 Å². The molecule has 2 nitrogen and oxygen atoms in total. The molecule has 0 atom stereocenters. The molecule has 0 unspecified atom stereocenters. The predicted molar refractivity (Wildman–Crippen MR) is 87.8 cm³/mol. The fraction of sp³-hybridized carbons (Fsp3) is 0.250. The molecule has 20 heavy (non-hydrogen) atoms. The lowest BCUT2D eigenvalue weighted by atomic mass is 10.2. The van der Waals surface area contributed by atoms with Crippen molar-refractivity contribution in [3.8, 4) is 0 Å². The van der Waals surface area contributed by atoms with Crippen LogP contribution in [0.4, 0.5) is 0 Å². The Kier molecular flexibility index (Phi) is 4.03. The fourth-order valence-electron chi connectivity index (χ4n) is 2.17. The van der Waals surface area contributed by atoms with Crippen LogP contribution in [0.1, 0.15) is 16.0 Å². The molecule has 4 heteroatoms. The van der Waals surface area contributed by atoms with Gasteiger partial charge in [-0.05, 0) is 31.4 Å². The zero-order chi connectivity index (χ0) is 13.9. The van der Waals surface area contributed by atoms with E-state index in [0.29, 0.717) is 0 Å². The molecule has 0 saturated carbocycles. The molecule has 0 N–H and O–H groups in total. The van der Waals surface area contributed by atoms with Gasteiger partial charge in [0.25, 0.3) is 0 Å². The Morgan fingerprint density at radius 1 is 1.10 bits per heavy atom. The Morgan fingerprint density at radius 3 is 2.70 bits per heavy atom. The van der Waals surface area contributed by atoms with E-state index in [9.17, 15) is 0 Å². The molecule has 0 bridgehead atoms. The lowest BCUT2D eigenvalue weighted by Gasteiger charge is -2.03. The lowest BCUT2D eigenvalue weighted by molar-refractivity contribution is 1.09. The van der Waals surface area contributed by atoms with Gasteiger partial charge in [0.15, 0.2) is 0 Å². The Bertz CT molecular complexity index is 720. The van der Waals surface area contributed by atoms with Crippen molar-refractivity contribution in [2.24, 2.45) is 0 Å². The molecule has 0 saturated heterocycles. The molecule has 0 fully saturated rings. The van der Waals surface area contributed by atoms with Gasteiger partial charge in [-0.15, -0.1) is 23.1 Å². The monoisotopic (exact) mass is 300 g/mol. The standard InChI is InChI=1S/C16H16N2S2/c1-11-12(2)20-16-14(11)15(17-10-18-16)19-9-8-13-6-4-3-5-7-13/h3-7,10H,8-9H2,1-2H3. The Balaban J connectivity index is 1.78. The summed E-state index contributed by atoms with van der Waals surface area (Å²) in [5, 5.41) is 2.36. The van der Waals surface area contributed by atoms with Crippen molar-refractivity contribution in [3.63, 3.8) is 0 Å². The minimum absolute atomic E-state index is 1.05. The largest absolute Gasteiger partial charge is 0.229 e. The van der Waals surface area contributed by atoms with Crippen LogP contribution in [0.15, 0.2) is 41.7 Å². The molecular formula is C16H16N2S2. The molecule has 0 aliphatic carbocycles. The third kappa shape index (κ3) is 2.72. The number of thiophene rings is 1. The second-order valence-electron chi connectivity index (χ2n) is 4.73. The summed E-state index contributed by atoms with van der Waals surface area (Å²) in [6.45, 7) is 4.32. The van der Waals surface area contributed by atoms with Crippen LogP contribution in [0.25, 0.3) is 10.2 Å². The summed E-state index contributed by atoms with van der Waals surface area (Å²) in [6, 6.07) is 10.6. The van der Waals surface area contributed by atoms with E-state index in [0.717, 1.165) is 22.0 Å². The first-order valence-electron chi connectivity index (χ1n) is 6.63. The first-order valence-corrected chi connectivity index (χ1v) is 8.43. The summed E-state index contributed by atoms with van der Waals surface area (Å²) in [7, 11) is 0. The number of rotatable bonds is 4. The highest BCUT2D eigenvalue weighted by Crippen LogP contribution is 2.34. The number of aryl methyl sites for hydroxylation is 3. The molecule has 0 aliphatic heterocycles. The van der Waals surface area contributed by atoms with E-state index in [2.05, 4.69) is 54.1 Å². The van der Waals surface area contributed by atoms with Gasteiger partial charge in [-0.3, -0.25) is 0 Å². The summed E-state index contributed by atoms with van der Waals surface area (Å²) < 4.78 is 0. The van der Waals surface area contributed by atoms with E-state index in [4.69, 9.17) is 0 Å². The van der Waals surface area contributed by atoms with Gasteiger partial charge in [0.2, 0.25) is 0 Å². The van der Waals surface area contributed by atoms with Crippen molar-refractivity contribution in [1.82, 2.24) is 9.97 Å². The highest BCUT2D eigenvalue weighted by molar-refractivity contribution is 7.99. The van der Waals surface area contributed by atoms with Crippen molar-refractivity contribution >= 4 is 33.3 Å². The van der Waals surface area contributed by atoms with Gasteiger partial charge < -0.3 is 0 Å². The first-order chi connectivity index (χ1) is 9.75.